The Morgan fingerprint density at radius 2 is 1.68 bits per heavy atom. The topological polar surface area (TPSA) is 165 Å². The lowest BCUT2D eigenvalue weighted by atomic mass is 9.79. The van der Waals surface area contributed by atoms with Gasteiger partial charge in [-0.25, -0.2) is 4.98 Å². The monoisotopic (exact) mass is 520 g/mol. The summed E-state index contributed by atoms with van der Waals surface area (Å²) in [4.78, 5) is 31.9. The lowest BCUT2D eigenvalue weighted by Crippen LogP contribution is -2.62. The number of hydroxylamine groups is 2. The number of aromatic hydroxyl groups is 1. The predicted octanol–water partition coefficient (Wildman–Crippen LogP) is 4.67. The fourth-order valence-corrected chi connectivity index (χ4v) is 4.84. The van der Waals surface area contributed by atoms with Crippen LogP contribution in [-0.2, 0) is 5.21 Å². The number of hydrogen-bond donors (Lipinski definition) is 4. The first-order valence-electron chi connectivity index (χ1n) is 12.1. The molecule has 1 radical (unpaired) electrons. The van der Waals surface area contributed by atoms with E-state index in [1.807, 2.05) is 27.7 Å². The van der Waals surface area contributed by atoms with Crippen molar-refractivity contribution in [1.82, 2.24) is 20.3 Å². The minimum atomic E-state index is -0.622. The van der Waals surface area contributed by atoms with Crippen LogP contribution in [0.2, 0.25) is 0 Å². The first-order chi connectivity index (χ1) is 17.9. The third kappa shape index (κ3) is 5.82. The molecule has 3 aromatic rings. The van der Waals surface area contributed by atoms with Crippen molar-refractivity contribution in [3.63, 3.8) is 0 Å². The molecule has 2 aromatic carbocycles. The number of nitrogens with one attached hydrogen (secondary N) is 3. The molecule has 12 nitrogen and oxygen atoms in total. The number of phenolic OH excluding ortho intramolecular Hbond substituents is 1. The number of nitrogens with zero attached hydrogens (tertiary/aromatic N) is 4. The average molecular weight is 521 g/mol. The number of anilines is 4. The first-order valence-corrected chi connectivity index (χ1v) is 12.1. The number of aromatic nitrogens is 2. The minimum Gasteiger partial charge on any atom is -0.506 e. The Morgan fingerprint density at radius 3 is 2.29 bits per heavy atom. The molecule has 0 bridgehead atoms. The lowest BCUT2D eigenvalue weighted by molar-refractivity contribution is -0.384. The highest BCUT2D eigenvalue weighted by atomic mass is 16.6. The number of benzene rings is 2. The molecule has 4 rings (SSSR count). The fraction of sp³-hybridized carbons (Fsp3) is 0.346. The predicted molar refractivity (Wildman–Crippen MR) is 141 cm³/mol. The van der Waals surface area contributed by atoms with Gasteiger partial charge in [0.2, 0.25) is 11.8 Å². The summed E-state index contributed by atoms with van der Waals surface area (Å²) in [6.45, 7) is 7.52. The average Bonchev–Trinajstić information content (AvgIpc) is 2.84. The van der Waals surface area contributed by atoms with E-state index in [9.17, 15) is 25.2 Å². The fourth-order valence-electron chi connectivity index (χ4n) is 4.84. The highest BCUT2D eigenvalue weighted by Crippen LogP contribution is 2.37. The van der Waals surface area contributed by atoms with Gasteiger partial charge < -0.3 is 21.1 Å². The Balaban J connectivity index is 1.46. The van der Waals surface area contributed by atoms with Gasteiger partial charge in [0, 0.05) is 28.4 Å². The summed E-state index contributed by atoms with van der Waals surface area (Å²) in [5.74, 6) is -0.345. The number of hydrogen-bond acceptors (Lipinski definition) is 9. The van der Waals surface area contributed by atoms with E-state index in [1.165, 1.54) is 6.07 Å². The highest BCUT2D eigenvalue weighted by molar-refractivity contribution is 5.94. The van der Waals surface area contributed by atoms with E-state index >= 15 is 0 Å². The Hall–Kier alpha value is -4.29. The smallest absolute Gasteiger partial charge is 0.329 e. The number of phenols is 1. The molecule has 1 saturated heterocycles. The zero-order chi connectivity index (χ0) is 27.7. The molecule has 1 aromatic heterocycles. The molecule has 1 aliphatic heterocycles. The second-order valence-electron chi connectivity index (χ2n) is 10.5. The van der Waals surface area contributed by atoms with Crippen LogP contribution in [0, 0.1) is 10.1 Å². The van der Waals surface area contributed by atoms with Gasteiger partial charge in [0.1, 0.15) is 11.9 Å². The minimum absolute atomic E-state index is 0.0829. The SMILES string of the molecule is CC1(C)CC(NC(=O)c2ccc(Nc3ncc([N+](=O)[O-])c(Nc4ccccc4O)n3)cc2)CC(C)(C)N1[O]. The molecule has 38 heavy (non-hydrogen) atoms. The van der Waals surface area contributed by atoms with E-state index in [0.717, 1.165) is 11.3 Å². The van der Waals surface area contributed by atoms with Gasteiger partial charge in [0.15, 0.2) is 0 Å². The molecule has 0 saturated carbocycles. The van der Waals surface area contributed by atoms with E-state index in [2.05, 4.69) is 25.9 Å². The van der Waals surface area contributed by atoms with Crippen molar-refractivity contribution in [2.24, 2.45) is 0 Å². The maximum Gasteiger partial charge on any atom is 0.329 e. The van der Waals surface area contributed by atoms with Crippen LogP contribution >= 0.6 is 0 Å². The summed E-state index contributed by atoms with van der Waals surface area (Å²) in [7, 11) is 0. The van der Waals surface area contributed by atoms with E-state index in [0.29, 0.717) is 24.1 Å². The number of carbonyl (C=O) groups is 1. The maximum atomic E-state index is 12.9. The van der Waals surface area contributed by atoms with E-state index in [-0.39, 0.29) is 40.8 Å². The van der Waals surface area contributed by atoms with E-state index < -0.39 is 16.0 Å². The van der Waals surface area contributed by atoms with Crippen molar-refractivity contribution in [1.29, 1.82) is 0 Å². The van der Waals surface area contributed by atoms with Crippen LogP contribution in [0.4, 0.5) is 28.8 Å². The van der Waals surface area contributed by atoms with Crippen LogP contribution < -0.4 is 16.0 Å². The van der Waals surface area contributed by atoms with Gasteiger partial charge in [-0.1, -0.05) is 12.1 Å². The van der Waals surface area contributed by atoms with Gasteiger partial charge in [0.05, 0.1) is 10.6 Å². The van der Waals surface area contributed by atoms with Gasteiger partial charge in [-0.05, 0) is 76.9 Å². The highest BCUT2D eigenvalue weighted by Gasteiger charge is 2.46. The van der Waals surface area contributed by atoms with Gasteiger partial charge in [-0.15, -0.1) is 10.3 Å². The van der Waals surface area contributed by atoms with Gasteiger partial charge in [-0.2, -0.15) is 4.98 Å². The lowest BCUT2D eigenvalue weighted by Gasteiger charge is -2.50. The third-order valence-electron chi connectivity index (χ3n) is 6.45. The molecule has 0 unspecified atom stereocenters. The zero-order valence-electron chi connectivity index (χ0n) is 21.6. The van der Waals surface area contributed by atoms with E-state index in [1.54, 1.807) is 42.5 Å². The third-order valence-corrected chi connectivity index (χ3v) is 6.45. The summed E-state index contributed by atoms with van der Waals surface area (Å²) in [5, 5.41) is 43.9. The van der Waals surface area contributed by atoms with Gasteiger partial charge in [-0.3, -0.25) is 14.9 Å². The molecule has 1 amide bonds. The Kier molecular flexibility index (Phi) is 7.20. The summed E-state index contributed by atoms with van der Waals surface area (Å²) < 4.78 is 0. The number of para-hydroxylation sites is 2. The summed E-state index contributed by atoms with van der Waals surface area (Å²) in [6.07, 6.45) is 2.15. The maximum absolute atomic E-state index is 12.9. The molecule has 0 atom stereocenters. The molecule has 1 aliphatic rings. The zero-order valence-corrected chi connectivity index (χ0v) is 21.6. The van der Waals surface area contributed by atoms with Crippen molar-refractivity contribution in [2.45, 2.75) is 57.7 Å². The Labute approximate surface area is 219 Å². The normalized spacial score (nSPS) is 17.0. The van der Waals surface area contributed by atoms with Crippen molar-refractivity contribution < 1.29 is 20.0 Å². The largest absolute Gasteiger partial charge is 0.506 e. The number of carbonyl (C=O) groups excluding carboxylic acids is 1. The summed E-state index contributed by atoms with van der Waals surface area (Å²) in [5.41, 5.74) is -0.285. The quantitative estimate of drug-likeness (QED) is 0.197. The van der Waals surface area contributed by atoms with Crippen LogP contribution in [-0.4, -0.2) is 48.1 Å². The second-order valence-corrected chi connectivity index (χ2v) is 10.5. The number of amides is 1. The van der Waals surface area contributed by atoms with Crippen LogP contribution in [0.15, 0.2) is 54.7 Å². The van der Waals surface area contributed by atoms with Crippen LogP contribution in [0.25, 0.3) is 0 Å². The van der Waals surface area contributed by atoms with Crippen molar-refractivity contribution >= 4 is 34.7 Å². The molecule has 0 spiro atoms. The first kappa shape index (κ1) is 26.8. The number of piperidine rings is 1. The van der Waals surface area contributed by atoms with Crippen LogP contribution in [0.5, 0.6) is 5.75 Å². The van der Waals surface area contributed by atoms with Crippen molar-refractivity contribution in [3.05, 3.63) is 70.4 Å². The second kappa shape index (κ2) is 10.2. The summed E-state index contributed by atoms with van der Waals surface area (Å²) in [6, 6.07) is 12.8. The molecule has 0 aliphatic carbocycles. The number of rotatable bonds is 7. The molecule has 2 heterocycles. The molecule has 199 valence electrons. The van der Waals surface area contributed by atoms with Crippen molar-refractivity contribution in [3.8, 4) is 5.75 Å². The molecular formula is C26H30N7O5. The Morgan fingerprint density at radius 1 is 1.05 bits per heavy atom. The summed E-state index contributed by atoms with van der Waals surface area (Å²) >= 11 is 0. The van der Waals surface area contributed by atoms with Crippen LogP contribution in [0.3, 0.4) is 0 Å². The molecule has 12 heteroatoms. The molecular weight excluding hydrogens is 490 g/mol. The standard InChI is InChI=1S/C26H30N7O5/c1-25(2)13-18(14-26(3,4)33(25)38)28-23(35)16-9-11-17(12-10-16)29-24-27-15-20(32(36)37)22(31-24)30-19-7-5-6-8-21(19)34/h5-12,15,18,34H,13-14H2,1-4H3,(H,28,35)(H2,27,29,30,31). The van der Waals surface area contributed by atoms with E-state index in [4.69, 9.17) is 0 Å². The van der Waals surface area contributed by atoms with Gasteiger partial charge in [0.25, 0.3) is 5.91 Å². The van der Waals surface area contributed by atoms with Crippen LogP contribution in [0.1, 0.15) is 50.9 Å². The molecule has 1 fully saturated rings. The van der Waals surface area contributed by atoms with Gasteiger partial charge >= 0.3 is 5.69 Å². The molecule has 4 N–H and O–H groups in total. The Bertz CT molecular complexity index is 1330. The number of nitro groups is 1. The van der Waals surface area contributed by atoms with Crippen molar-refractivity contribution in [2.75, 3.05) is 10.6 Å².